The van der Waals surface area contributed by atoms with E-state index in [0.717, 1.165) is 78.9 Å². The Kier molecular flexibility index (Phi) is 13.6. The van der Waals surface area contributed by atoms with E-state index >= 15 is 0 Å². The highest BCUT2D eigenvalue weighted by molar-refractivity contribution is 6.30. The molecule has 3 atom stereocenters. The van der Waals surface area contributed by atoms with E-state index in [1.807, 2.05) is 66.9 Å². The number of fused-ring (bicyclic) bond motifs is 3. The van der Waals surface area contributed by atoms with Crippen molar-refractivity contribution in [1.82, 2.24) is 10.3 Å². The van der Waals surface area contributed by atoms with E-state index < -0.39 is 11.5 Å². The average molecular weight is 871 g/mol. The molecule has 4 aromatic carbocycles. The van der Waals surface area contributed by atoms with E-state index in [9.17, 15) is 14.7 Å². The van der Waals surface area contributed by atoms with Crippen LogP contribution in [0.1, 0.15) is 99.1 Å². The number of nitrogens with zero attached hydrogens (tertiary/aromatic N) is 1. The summed E-state index contributed by atoms with van der Waals surface area (Å²) >= 11 is 6.32. The summed E-state index contributed by atoms with van der Waals surface area (Å²) in [5.41, 5.74) is 7.52. The Balaban J connectivity index is 0.919. The van der Waals surface area contributed by atoms with E-state index in [4.69, 9.17) is 25.8 Å². The molecule has 1 saturated carbocycles. The smallest absolute Gasteiger partial charge is 0.329 e. The Bertz CT molecular complexity index is 2390. The van der Waals surface area contributed by atoms with Gasteiger partial charge in [-0.3, -0.25) is 9.78 Å². The number of amides is 1. The van der Waals surface area contributed by atoms with E-state index in [0.29, 0.717) is 68.0 Å². The number of pyridine rings is 1. The molecule has 3 aliphatic carbocycles. The van der Waals surface area contributed by atoms with Crippen molar-refractivity contribution in [2.75, 3.05) is 32.2 Å². The number of aliphatic carboxylic acids is 1. The quantitative estimate of drug-likeness (QED) is 0.0791. The van der Waals surface area contributed by atoms with Gasteiger partial charge in [-0.25, -0.2) is 4.79 Å². The summed E-state index contributed by atoms with van der Waals surface area (Å²) in [4.78, 5) is 30.7. The van der Waals surface area contributed by atoms with Gasteiger partial charge >= 0.3 is 5.97 Å². The van der Waals surface area contributed by atoms with Crippen molar-refractivity contribution in [3.63, 3.8) is 0 Å². The lowest BCUT2D eigenvalue weighted by atomic mass is 9.59. The number of hydrogen-bond acceptors (Lipinski definition) is 7. The number of anilines is 1. The molecule has 1 heterocycles. The van der Waals surface area contributed by atoms with Gasteiger partial charge in [0.1, 0.15) is 22.8 Å². The number of aryl methyl sites for hydroxylation is 1. The lowest BCUT2D eigenvalue weighted by molar-refractivity contribution is -0.144. The van der Waals surface area contributed by atoms with Gasteiger partial charge in [0.25, 0.3) is 0 Å². The highest BCUT2D eigenvalue weighted by Crippen LogP contribution is 2.57. The van der Waals surface area contributed by atoms with E-state index in [1.54, 1.807) is 19.2 Å². The Morgan fingerprint density at radius 2 is 1.71 bits per heavy atom. The molecule has 330 valence electrons. The van der Waals surface area contributed by atoms with Crippen LogP contribution < -0.4 is 24.8 Å². The second-order valence-electron chi connectivity index (χ2n) is 18.2. The lowest BCUT2D eigenvalue weighted by Gasteiger charge is -2.47. The summed E-state index contributed by atoms with van der Waals surface area (Å²) in [7, 11) is 1.65. The van der Waals surface area contributed by atoms with Gasteiger partial charge in [-0.2, -0.15) is 0 Å². The largest absolute Gasteiger partial charge is 0.497 e. The van der Waals surface area contributed by atoms with Crippen LogP contribution in [0.2, 0.25) is 5.02 Å². The lowest BCUT2D eigenvalue weighted by Crippen LogP contribution is -2.53. The third-order valence-electron chi connectivity index (χ3n) is 13.9. The van der Waals surface area contributed by atoms with Crippen LogP contribution in [0.15, 0.2) is 103 Å². The molecule has 0 radical (unpaired) electrons. The van der Waals surface area contributed by atoms with Crippen molar-refractivity contribution in [3.8, 4) is 28.4 Å². The molecule has 9 nitrogen and oxygen atoms in total. The number of nitrogens with one attached hydrogen (secondary N) is 2. The number of halogens is 1. The van der Waals surface area contributed by atoms with Crippen LogP contribution in [-0.2, 0) is 34.3 Å². The molecule has 3 aliphatic rings. The molecule has 1 aromatic heterocycles. The Morgan fingerprint density at radius 1 is 0.921 bits per heavy atom. The number of carbonyl (C=O) groups excluding carboxylic acids is 1. The number of benzene rings is 4. The molecule has 8 rings (SSSR count). The van der Waals surface area contributed by atoms with Crippen molar-refractivity contribution in [3.05, 3.63) is 136 Å². The highest BCUT2D eigenvalue weighted by Gasteiger charge is 2.54. The molecular formula is C53H60ClN3O6. The van der Waals surface area contributed by atoms with Gasteiger partial charge in [0.15, 0.2) is 0 Å². The van der Waals surface area contributed by atoms with E-state index in [-0.39, 0.29) is 17.2 Å². The predicted octanol–water partition coefficient (Wildman–Crippen LogP) is 11.0. The topological polar surface area (TPSA) is 119 Å². The second-order valence-corrected chi connectivity index (χ2v) is 18.6. The fraction of sp³-hybridized carbons (Fsp3) is 0.415. The minimum atomic E-state index is -1.10. The van der Waals surface area contributed by atoms with Gasteiger partial charge in [0.2, 0.25) is 5.91 Å². The maximum Gasteiger partial charge on any atom is 0.329 e. The van der Waals surface area contributed by atoms with Crippen molar-refractivity contribution < 1.29 is 28.9 Å². The van der Waals surface area contributed by atoms with Crippen molar-refractivity contribution in [2.45, 2.75) is 101 Å². The molecule has 63 heavy (non-hydrogen) atoms. The zero-order chi connectivity index (χ0) is 44.0. The first kappa shape index (κ1) is 44.1. The standard InChI is InChI=1S/C53H60ClN3O6/c1-35(34-63-48-20-26-55-47-13-4-8-36(2)50(47)48)28-41-31-40-16-19-45(33-46(40)52(41)21-23-53(24-22-52,51(59)60)57-43-12-6-11-42(54)32-43)62-27-7-25-56-49(58)30-37-9-5-10-39(29-37)38-14-17-44(61-3)18-15-38/h5-6,9-12,14-20,26,29,32-33,35-36,41,57H,4,7-8,13,21-25,27-28,30-31,34H2,1-3H3,(H,56,58)(H,59,60)/t35-,36-,41+,52?,53?/m1/s1. The summed E-state index contributed by atoms with van der Waals surface area (Å²) in [6, 6.07) is 31.8. The molecule has 3 N–H and O–H groups in total. The van der Waals surface area contributed by atoms with Crippen LogP contribution in [0.5, 0.6) is 17.2 Å². The first-order chi connectivity index (χ1) is 30.5. The van der Waals surface area contributed by atoms with Crippen LogP contribution in [0, 0.1) is 11.8 Å². The third kappa shape index (κ3) is 9.99. The summed E-state index contributed by atoms with van der Waals surface area (Å²) in [6.45, 7) is 6.14. The summed E-state index contributed by atoms with van der Waals surface area (Å²) < 4.78 is 18.3. The maximum atomic E-state index is 13.1. The molecule has 0 aliphatic heterocycles. The van der Waals surface area contributed by atoms with Gasteiger partial charge < -0.3 is 30.0 Å². The fourth-order valence-corrected chi connectivity index (χ4v) is 10.7. The van der Waals surface area contributed by atoms with Crippen LogP contribution in [0.4, 0.5) is 5.69 Å². The first-order valence-electron chi connectivity index (χ1n) is 22.7. The molecule has 0 bridgehead atoms. The minimum absolute atomic E-state index is 0.0266. The Morgan fingerprint density at radius 3 is 2.49 bits per heavy atom. The maximum absolute atomic E-state index is 13.1. The molecular weight excluding hydrogens is 810 g/mol. The first-order valence-corrected chi connectivity index (χ1v) is 23.1. The number of methoxy groups -OCH3 is 1. The SMILES string of the molecule is COc1ccc(-c2cccc(CC(=O)NCCCOc3ccc4c(c3)C3(CCC(Nc5cccc(Cl)c5)(C(=O)O)CC3)[C@@H](C[C@@H](C)COc3ccnc5c3[C@H](C)CCC5)C4)c2)cc1. The van der Waals surface area contributed by atoms with Crippen molar-refractivity contribution >= 4 is 29.2 Å². The normalized spacial score (nSPS) is 21.8. The second kappa shape index (κ2) is 19.5. The zero-order valence-electron chi connectivity index (χ0n) is 36.8. The van der Waals surface area contributed by atoms with Crippen molar-refractivity contribution in [1.29, 1.82) is 0 Å². The van der Waals surface area contributed by atoms with Gasteiger partial charge in [-0.15, -0.1) is 0 Å². The van der Waals surface area contributed by atoms with Crippen LogP contribution in [0.25, 0.3) is 11.1 Å². The third-order valence-corrected chi connectivity index (χ3v) is 14.1. The number of carboxylic acids is 1. The number of aromatic nitrogens is 1. The van der Waals surface area contributed by atoms with Crippen LogP contribution in [0.3, 0.4) is 0 Å². The van der Waals surface area contributed by atoms with E-state index in [2.05, 4.69) is 53.7 Å². The van der Waals surface area contributed by atoms with Crippen LogP contribution in [-0.4, -0.2) is 54.4 Å². The molecule has 1 amide bonds. The Hall–Kier alpha value is -5.54. The molecule has 0 unspecified atom stereocenters. The van der Waals surface area contributed by atoms with Crippen molar-refractivity contribution in [2.24, 2.45) is 11.8 Å². The zero-order valence-corrected chi connectivity index (χ0v) is 37.5. The fourth-order valence-electron chi connectivity index (χ4n) is 10.5. The molecule has 10 heteroatoms. The number of rotatable bonds is 17. The van der Waals surface area contributed by atoms with Gasteiger partial charge in [0, 0.05) is 34.7 Å². The summed E-state index contributed by atoms with van der Waals surface area (Å²) in [5.74, 6) is 2.75. The predicted molar refractivity (Wildman–Crippen MR) is 249 cm³/mol. The Labute approximate surface area is 376 Å². The number of hydrogen-bond donors (Lipinski definition) is 3. The van der Waals surface area contributed by atoms with Crippen LogP contribution >= 0.6 is 11.6 Å². The summed E-state index contributed by atoms with van der Waals surface area (Å²) in [5, 5.41) is 17.8. The van der Waals surface area contributed by atoms with Gasteiger partial charge in [-0.05, 0) is 164 Å². The molecule has 0 saturated heterocycles. The van der Waals surface area contributed by atoms with Gasteiger partial charge in [-0.1, -0.05) is 74.0 Å². The minimum Gasteiger partial charge on any atom is -0.497 e. The van der Waals surface area contributed by atoms with Gasteiger partial charge in [0.05, 0.1) is 26.7 Å². The molecule has 1 spiro atoms. The number of carbonyl (C=O) groups is 2. The monoisotopic (exact) mass is 869 g/mol. The average Bonchev–Trinajstić information content (AvgIpc) is 3.57. The number of ether oxygens (including phenoxy) is 3. The van der Waals surface area contributed by atoms with E-state index in [1.165, 1.54) is 22.4 Å². The number of carboxylic acid groups (broad SMARTS) is 1. The molecule has 1 fully saturated rings. The highest BCUT2D eigenvalue weighted by atomic mass is 35.5. The molecule has 5 aromatic rings. The summed E-state index contributed by atoms with van der Waals surface area (Å²) in [6.07, 6.45) is 10.5.